The van der Waals surface area contributed by atoms with Crippen molar-refractivity contribution in [2.24, 2.45) is 0 Å². The average molecular weight is 259 g/mol. The molecular weight excluding hydrogens is 249 g/mol. The van der Waals surface area contributed by atoms with E-state index in [4.69, 9.17) is 0 Å². The molecule has 84 valence electrons. The van der Waals surface area contributed by atoms with Gasteiger partial charge in [-0.1, -0.05) is 32.8 Å². The van der Waals surface area contributed by atoms with E-state index in [9.17, 15) is 8.78 Å². The minimum absolute atomic E-state index is 0. The second kappa shape index (κ2) is 5.93. The Kier molecular flexibility index (Phi) is 4.85. The van der Waals surface area contributed by atoms with Crippen molar-refractivity contribution in [3.63, 3.8) is 0 Å². The molecule has 0 N–H and O–H groups in total. The second-order valence-corrected chi connectivity index (χ2v) is 4.54. The highest BCUT2D eigenvalue weighted by Crippen LogP contribution is 2.11. The highest BCUT2D eigenvalue weighted by atomic mass is 35.5. The molecule has 0 spiro atoms. The molecule has 0 saturated carbocycles. The quantitative estimate of drug-likeness (QED) is 0.727. The summed E-state index contributed by atoms with van der Waals surface area (Å²) in [5, 5.41) is 2.09. The molecule has 16 heavy (non-hydrogen) atoms. The van der Waals surface area contributed by atoms with Crippen LogP contribution < -0.4 is 10.6 Å². The third-order valence-electron chi connectivity index (χ3n) is 1.98. The van der Waals surface area contributed by atoms with Crippen molar-refractivity contribution in [3.05, 3.63) is 60.2 Å². The largest absolute Gasteiger partial charge is 0.207 e. The number of rotatable bonds is 2. The van der Waals surface area contributed by atoms with Gasteiger partial charge in [-0.2, -0.15) is 0 Å². The fraction of sp³-hybridized carbons (Fsp3) is 0. The SMILES string of the molecule is Cl.Fc1ccc(Pc2ccc(F)cc2)cc1. The summed E-state index contributed by atoms with van der Waals surface area (Å²) in [6.45, 7) is 0. The topological polar surface area (TPSA) is 0 Å². The summed E-state index contributed by atoms with van der Waals surface area (Å²) in [5.74, 6) is -0.467. The van der Waals surface area contributed by atoms with Gasteiger partial charge in [-0.05, 0) is 34.9 Å². The summed E-state index contributed by atoms with van der Waals surface area (Å²) in [4.78, 5) is 0. The monoisotopic (exact) mass is 258 g/mol. The molecule has 0 radical (unpaired) electrons. The van der Waals surface area contributed by atoms with Crippen LogP contribution in [-0.4, -0.2) is 0 Å². The van der Waals surface area contributed by atoms with Crippen LogP contribution in [0.2, 0.25) is 0 Å². The van der Waals surface area contributed by atoms with E-state index in [1.54, 1.807) is 24.3 Å². The molecule has 0 fully saturated rings. The van der Waals surface area contributed by atoms with Gasteiger partial charge in [0.2, 0.25) is 0 Å². The van der Waals surface area contributed by atoms with Crippen molar-refractivity contribution >= 4 is 31.6 Å². The van der Waals surface area contributed by atoms with Crippen LogP contribution in [0.25, 0.3) is 0 Å². The Morgan fingerprint density at radius 1 is 0.625 bits per heavy atom. The molecule has 0 aliphatic heterocycles. The van der Waals surface area contributed by atoms with E-state index in [-0.39, 0.29) is 24.0 Å². The smallest absolute Gasteiger partial charge is 0.123 e. The Labute approximate surface area is 101 Å². The van der Waals surface area contributed by atoms with Crippen LogP contribution in [0, 0.1) is 11.6 Å². The molecule has 0 aliphatic carbocycles. The molecule has 0 bridgehead atoms. The number of benzene rings is 2. The maximum atomic E-state index is 12.6. The van der Waals surface area contributed by atoms with E-state index >= 15 is 0 Å². The van der Waals surface area contributed by atoms with Crippen LogP contribution in [0.3, 0.4) is 0 Å². The van der Waals surface area contributed by atoms with Crippen LogP contribution in [0.15, 0.2) is 48.5 Å². The Morgan fingerprint density at radius 2 is 0.938 bits per heavy atom. The Bertz CT molecular complexity index is 396. The predicted molar refractivity (Wildman–Crippen MR) is 67.6 cm³/mol. The van der Waals surface area contributed by atoms with Crippen molar-refractivity contribution in [3.8, 4) is 0 Å². The predicted octanol–water partition coefficient (Wildman–Crippen LogP) is 3.02. The van der Waals surface area contributed by atoms with Crippen molar-refractivity contribution in [1.29, 1.82) is 0 Å². The summed E-state index contributed by atoms with van der Waals surface area (Å²) in [6, 6.07) is 12.7. The Balaban J connectivity index is 0.00000128. The average Bonchev–Trinajstić information content (AvgIpc) is 2.25. The zero-order chi connectivity index (χ0) is 10.7. The van der Waals surface area contributed by atoms with Gasteiger partial charge in [0.15, 0.2) is 0 Å². The maximum Gasteiger partial charge on any atom is 0.123 e. The van der Waals surface area contributed by atoms with Gasteiger partial charge in [-0.15, -0.1) is 12.4 Å². The van der Waals surface area contributed by atoms with Crippen LogP contribution >= 0.6 is 21.0 Å². The lowest BCUT2D eigenvalue weighted by Gasteiger charge is -2.01. The number of hydrogen-bond acceptors (Lipinski definition) is 0. The first-order valence-corrected chi connectivity index (χ1v) is 5.52. The first kappa shape index (κ1) is 13.1. The summed E-state index contributed by atoms with van der Waals surface area (Å²) < 4.78 is 25.3. The highest BCUT2D eigenvalue weighted by molar-refractivity contribution is 7.55. The maximum absolute atomic E-state index is 12.6. The Morgan fingerprint density at radius 3 is 1.25 bits per heavy atom. The van der Waals surface area contributed by atoms with Crippen LogP contribution in [0.1, 0.15) is 0 Å². The molecular formula is C12H10ClF2P. The van der Waals surface area contributed by atoms with E-state index < -0.39 is 0 Å². The molecule has 4 heteroatoms. The van der Waals surface area contributed by atoms with Crippen molar-refractivity contribution in [2.45, 2.75) is 0 Å². The number of hydrogen-bond donors (Lipinski definition) is 0. The van der Waals surface area contributed by atoms with Crippen LogP contribution in [0.4, 0.5) is 8.78 Å². The molecule has 0 saturated heterocycles. The molecule has 0 atom stereocenters. The second-order valence-electron chi connectivity index (χ2n) is 3.14. The third kappa shape index (κ3) is 3.55. The zero-order valence-corrected chi connectivity index (χ0v) is 10.1. The minimum atomic E-state index is -0.234. The number of halogens is 3. The van der Waals surface area contributed by atoms with Gasteiger partial charge in [-0.3, -0.25) is 0 Å². The van der Waals surface area contributed by atoms with Gasteiger partial charge in [0, 0.05) is 0 Å². The highest BCUT2D eigenvalue weighted by Gasteiger charge is 1.97. The molecule has 0 unspecified atom stereocenters. The van der Waals surface area contributed by atoms with Crippen LogP contribution in [-0.2, 0) is 0 Å². The first-order chi connectivity index (χ1) is 7.24. The fourth-order valence-electron chi connectivity index (χ4n) is 1.23. The molecule has 0 amide bonds. The van der Waals surface area contributed by atoms with E-state index in [0.29, 0.717) is 8.58 Å². The molecule has 2 aromatic carbocycles. The van der Waals surface area contributed by atoms with E-state index in [1.807, 2.05) is 0 Å². The molecule has 0 aromatic heterocycles. The van der Waals surface area contributed by atoms with E-state index in [2.05, 4.69) is 0 Å². The standard InChI is InChI=1S/C12H9F2P.ClH/c13-9-1-5-11(6-2-9)15-12-7-3-10(14)4-8-12;/h1-8,15H;1H. The molecule has 0 nitrogen and oxygen atoms in total. The lowest BCUT2D eigenvalue weighted by molar-refractivity contribution is 0.628. The Hall–Kier alpha value is -0.980. The van der Waals surface area contributed by atoms with Gasteiger partial charge in [0.25, 0.3) is 0 Å². The van der Waals surface area contributed by atoms with Gasteiger partial charge >= 0.3 is 0 Å². The van der Waals surface area contributed by atoms with Gasteiger partial charge in [0.1, 0.15) is 11.6 Å². The summed E-state index contributed by atoms with van der Waals surface area (Å²) in [7, 11) is 0.436. The summed E-state index contributed by atoms with van der Waals surface area (Å²) >= 11 is 0. The fourth-order valence-corrected chi connectivity index (χ4v) is 2.23. The lowest BCUT2D eigenvalue weighted by Crippen LogP contribution is -2.02. The first-order valence-electron chi connectivity index (χ1n) is 4.52. The molecule has 0 aliphatic rings. The zero-order valence-electron chi connectivity index (χ0n) is 8.28. The molecule has 2 rings (SSSR count). The van der Waals surface area contributed by atoms with Crippen molar-refractivity contribution < 1.29 is 8.78 Å². The minimum Gasteiger partial charge on any atom is -0.207 e. The third-order valence-corrected chi connectivity index (χ3v) is 3.22. The summed E-state index contributed by atoms with van der Waals surface area (Å²) in [6.07, 6.45) is 0. The lowest BCUT2D eigenvalue weighted by atomic mass is 10.3. The van der Waals surface area contributed by atoms with E-state index in [0.717, 1.165) is 10.6 Å². The van der Waals surface area contributed by atoms with Crippen LogP contribution in [0.5, 0.6) is 0 Å². The van der Waals surface area contributed by atoms with Gasteiger partial charge in [0.05, 0.1) is 0 Å². The molecule has 2 aromatic rings. The summed E-state index contributed by atoms with van der Waals surface area (Å²) in [5.41, 5.74) is 0. The van der Waals surface area contributed by atoms with Gasteiger partial charge < -0.3 is 0 Å². The van der Waals surface area contributed by atoms with Crippen molar-refractivity contribution in [2.75, 3.05) is 0 Å². The normalized spacial score (nSPS) is 9.62. The van der Waals surface area contributed by atoms with Crippen molar-refractivity contribution in [1.82, 2.24) is 0 Å². The van der Waals surface area contributed by atoms with E-state index in [1.165, 1.54) is 24.3 Å². The van der Waals surface area contributed by atoms with Gasteiger partial charge in [-0.25, -0.2) is 8.78 Å². The molecule has 0 heterocycles.